The molecule has 16 nitrogen and oxygen atoms in total. The van der Waals surface area contributed by atoms with Gasteiger partial charge in [-0.15, -0.1) is 6.58 Å². The van der Waals surface area contributed by atoms with Crippen LogP contribution >= 0.6 is 0 Å². The van der Waals surface area contributed by atoms with Crippen molar-refractivity contribution in [3.63, 3.8) is 0 Å². The highest BCUT2D eigenvalue weighted by atomic mass is 15.2. The van der Waals surface area contributed by atoms with E-state index in [1.54, 1.807) is 43.3 Å². The van der Waals surface area contributed by atoms with Gasteiger partial charge in [-0.2, -0.15) is 10.2 Å². The van der Waals surface area contributed by atoms with Gasteiger partial charge in [0.25, 0.3) is 0 Å². The Balaban J connectivity index is 0.000000161. The second-order valence-corrected chi connectivity index (χ2v) is 17.0. The quantitative estimate of drug-likeness (QED) is 0.0703. The van der Waals surface area contributed by atoms with Crippen molar-refractivity contribution >= 4 is 49.8 Å². The molecule has 0 radical (unpaired) electrons. The summed E-state index contributed by atoms with van der Waals surface area (Å²) in [5, 5.41) is 20.3. The molecule has 0 bridgehead atoms. The highest BCUT2D eigenvalue weighted by Crippen LogP contribution is 2.34. The number of hydrogen-bond donors (Lipinski definition) is 6. The van der Waals surface area contributed by atoms with Crippen LogP contribution in [0.1, 0.15) is 31.9 Å². The molecule has 0 aliphatic heterocycles. The first-order valence-corrected chi connectivity index (χ1v) is 24.4. The van der Waals surface area contributed by atoms with Gasteiger partial charge in [0, 0.05) is 102 Å². The number of imidazole rings is 2. The third-order valence-corrected chi connectivity index (χ3v) is 12.0. The van der Waals surface area contributed by atoms with Crippen molar-refractivity contribution < 1.29 is 0 Å². The lowest BCUT2D eigenvalue weighted by Gasteiger charge is -2.07. The number of aromatic amines is 4. The van der Waals surface area contributed by atoms with Gasteiger partial charge in [0.05, 0.1) is 44.2 Å². The van der Waals surface area contributed by atoms with E-state index in [0.29, 0.717) is 28.6 Å². The van der Waals surface area contributed by atoms with E-state index in [1.165, 1.54) is 5.56 Å². The standard InChI is InChI=1S/C31H24N8.C23H16N8.C3H6.C2H6/c1-2-5-20(6-3-1)15-33-16-21-13-23(18-34-17-21)24-14-26-29(38-39-30(26)35-19-24)31-36-27-8-4-7-25(28(27)37-31)22-9-11-32-12-10-22;24-15-8-13(10-25-12-15)14-9-17-21(30-31-22(17)27-11-14)23-28-19-6-3-4-16(20(19)29-23)18-5-1-2-7-26-18;1-3-2;1-2/h1-14,17-19,33H,15-16H2,(H,36,37)(H,35,38,39);1-12H,24H2,(H,28,29)(H,27,30,31);3H,1H2,2H3;1-2H3. The van der Waals surface area contributed by atoms with E-state index in [4.69, 9.17) is 15.7 Å². The lowest BCUT2D eigenvalue weighted by Crippen LogP contribution is -2.12. The minimum Gasteiger partial charge on any atom is -0.397 e. The van der Waals surface area contributed by atoms with Crippen molar-refractivity contribution in [2.24, 2.45) is 0 Å². The van der Waals surface area contributed by atoms with Gasteiger partial charge in [-0.05, 0) is 84.3 Å². The number of rotatable bonds is 10. The zero-order valence-electron chi connectivity index (χ0n) is 41.5. The molecule has 0 fully saturated rings. The van der Waals surface area contributed by atoms with Crippen molar-refractivity contribution in [2.75, 3.05) is 5.73 Å². The highest BCUT2D eigenvalue weighted by molar-refractivity contribution is 5.98. The Bertz CT molecular complexity index is 4010. The number of H-pyrrole nitrogens is 4. The molecule has 16 heteroatoms. The van der Waals surface area contributed by atoms with Crippen LogP contribution < -0.4 is 11.1 Å². The maximum absolute atomic E-state index is 5.89. The number of nitrogens with one attached hydrogen (secondary N) is 5. The van der Waals surface area contributed by atoms with Crippen LogP contribution in [0, 0.1) is 0 Å². The fourth-order valence-corrected chi connectivity index (χ4v) is 8.58. The van der Waals surface area contributed by atoms with E-state index >= 15 is 0 Å². The summed E-state index contributed by atoms with van der Waals surface area (Å²) in [7, 11) is 0. The lowest BCUT2D eigenvalue weighted by atomic mass is 10.1. The summed E-state index contributed by atoms with van der Waals surface area (Å²) in [6.07, 6.45) is 17.9. The Hall–Kier alpha value is -10.1. The third kappa shape index (κ3) is 10.6. The van der Waals surface area contributed by atoms with Crippen LogP contribution in [-0.4, -0.2) is 70.2 Å². The molecular formula is C59H52N16. The average molecular weight is 985 g/mol. The van der Waals surface area contributed by atoms with E-state index in [0.717, 1.165) is 108 Å². The van der Waals surface area contributed by atoms with Crippen LogP contribution in [0.4, 0.5) is 5.69 Å². The third-order valence-electron chi connectivity index (χ3n) is 12.0. The summed E-state index contributed by atoms with van der Waals surface area (Å²) in [6.45, 7) is 10.8. The summed E-state index contributed by atoms with van der Waals surface area (Å²) in [4.78, 5) is 43.1. The Morgan fingerprint density at radius 2 is 1.08 bits per heavy atom. The predicted octanol–water partition coefficient (Wildman–Crippen LogP) is 12.3. The first-order chi connectivity index (χ1) is 37.0. The summed E-state index contributed by atoms with van der Waals surface area (Å²) in [5.74, 6) is 1.40. The van der Waals surface area contributed by atoms with Gasteiger partial charge in [-0.25, -0.2) is 19.9 Å². The topological polar surface area (TPSA) is 230 Å². The summed E-state index contributed by atoms with van der Waals surface area (Å²) in [5.41, 5.74) is 23.0. The molecule has 0 atom stereocenters. The maximum Gasteiger partial charge on any atom is 0.181 e. The average Bonchev–Trinajstić information content (AvgIpc) is 4.30. The van der Waals surface area contributed by atoms with Crippen LogP contribution in [0.25, 0.3) is 112 Å². The minimum absolute atomic E-state index is 0.601. The molecule has 13 rings (SSSR count). The Morgan fingerprint density at radius 1 is 0.520 bits per heavy atom. The second-order valence-electron chi connectivity index (χ2n) is 17.0. The summed E-state index contributed by atoms with van der Waals surface area (Å²) >= 11 is 0. The molecular weight excluding hydrogens is 933 g/mol. The zero-order valence-corrected chi connectivity index (χ0v) is 41.5. The van der Waals surface area contributed by atoms with Gasteiger partial charge in [0.15, 0.2) is 22.9 Å². The smallest absolute Gasteiger partial charge is 0.181 e. The van der Waals surface area contributed by atoms with Gasteiger partial charge in [0.1, 0.15) is 11.4 Å². The Labute approximate surface area is 431 Å². The SMILES string of the molecule is C=CC.CC.Nc1cncc(-c2cnc3n[nH]c(-c4nc5c(-c6ccccn6)cccc5[nH]4)c3c2)c1.c1ccc(CNCc2cncc(-c3cnc4n[nH]c(-c5nc6c(-c7ccncc7)cccc6[nH]5)c4c3)c2)cc1. The number of para-hydroxylation sites is 2. The lowest BCUT2D eigenvalue weighted by molar-refractivity contribution is 0.691. The van der Waals surface area contributed by atoms with Gasteiger partial charge < -0.3 is 21.0 Å². The van der Waals surface area contributed by atoms with Crippen LogP contribution in [0.3, 0.4) is 0 Å². The van der Waals surface area contributed by atoms with Crippen LogP contribution in [0.15, 0.2) is 190 Å². The normalized spacial score (nSPS) is 10.9. The van der Waals surface area contributed by atoms with Crippen molar-refractivity contribution in [2.45, 2.75) is 33.9 Å². The maximum atomic E-state index is 5.89. The van der Waals surface area contributed by atoms with Crippen molar-refractivity contribution in [1.82, 2.24) is 75.6 Å². The number of nitrogen functional groups attached to an aromatic ring is 1. The van der Waals surface area contributed by atoms with Crippen molar-refractivity contribution in [3.8, 4) is 67.7 Å². The van der Waals surface area contributed by atoms with Gasteiger partial charge >= 0.3 is 0 Å². The molecule has 0 saturated heterocycles. The number of nitrogens with zero attached hydrogens (tertiary/aromatic N) is 10. The molecule has 0 amide bonds. The fraction of sp³-hybridized carbons (Fsp3) is 0.0847. The van der Waals surface area contributed by atoms with E-state index in [9.17, 15) is 0 Å². The first-order valence-electron chi connectivity index (χ1n) is 24.4. The number of anilines is 1. The van der Waals surface area contributed by atoms with Crippen LogP contribution in [-0.2, 0) is 13.1 Å². The molecule has 75 heavy (non-hydrogen) atoms. The molecule has 7 N–H and O–H groups in total. The zero-order chi connectivity index (χ0) is 51.5. The summed E-state index contributed by atoms with van der Waals surface area (Å²) < 4.78 is 0. The Morgan fingerprint density at radius 3 is 1.69 bits per heavy atom. The van der Waals surface area contributed by atoms with Gasteiger partial charge in [0.2, 0.25) is 0 Å². The molecule has 0 saturated carbocycles. The molecule has 10 heterocycles. The molecule has 0 aliphatic carbocycles. The summed E-state index contributed by atoms with van der Waals surface area (Å²) in [6, 6.07) is 40.5. The van der Waals surface area contributed by atoms with Crippen molar-refractivity contribution in [3.05, 3.63) is 201 Å². The van der Waals surface area contributed by atoms with E-state index in [-0.39, 0.29) is 0 Å². The molecule has 3 aromatic carbocycles. The molecule has 0 spiro atoms. The van der Waals surface area contributed by atoms with Crippen molar-refractivity contribution in [1.29, 1.82) is 0 Å². The van der Waals surface area contributed by atoms with E-state index in [1.807, 2.05) is 118 Å². The van der Waals surface area contributed by atoms with E-state index in [2.05, 4.69) is 115 Å². The molecule has 13 aromatic rings. The number of nitrogens with two attached hydrogens (primary N) is 1. The molecule has 0 aliphatic rings. The molecule has 0 unspecified atom stereocenters. The van der Waals surface area contributed by atoms with Gasteiger partial charge in [-0.1, -0.05) is 80.6 Å². The largest absolute Gasteiger partial charge is 0.397 e. The monoisotopic (exact) mass is 984 g/mol. The Kier molecular flexibility index (Phi) is 14.6. The fourth-order valence-electron chi connectivity index (χ4n) is 8.58. The van der Waals surface area contributed by atoms with E-state index < -0.39 is 0 Å². The number of fused-ring (bicyclic) bond motifs is 4. The number of aromatic nitrogens is 14. The molecule has 368 valence electrons. The number of hydrogen-bond acceptors (Lipinski definition) is 12. The minimum atomic E-state index is 0.601. The van der Waals surface area contributed by atoms with Crippen LogP contribution in [0.5, 0.6) is 0 Å². The van der Waals surface area contributed by atoms with Crippen LogP contribution in [0.2, 0.25) is 0 Å². The number of benzene rings is 3. The second kappa shape index (κ2) is 22.6. The first kappa shape index (κ1) is 48.6. The van der Waals surface area contributed by atoms with Gasteiger partial charge in [-0.3, -0.25) is 30.1 Å². The number of allylic oxidation sites excluding steroid dienone is 1. The highest BCUT2D eigenvalue weighted by Gasteiger charge is 2.18. The molecule has 10 aromatic heterocycles. The predicted molar refractivity (Wildman–Crippen MR) is 299 cm³/mol. The number of pyridine rings is 6.